The summed E-state index contributed by atoms with van der Waals surface area (Å²) >= 11 is 0. The molecule has 0 saturated heterocycles. The first-order valence-electron chi connectivity index (χ1n) is 10.2. The van der Waals surface area contributed by atoms with Gasteiger partial charge in [0, 0.05) is 12.2 Å². The average molecular weight is 438 g/mol. The molecule has 4 aromatic heterocycles. The number of aryl methyl sites for hydroxylation is 1. The molecule has 158 valence electrons. The summed E-state index contributed by atoms with van der Waals surface area (Å²) < 4.78 is 1.57. The number of pyridine rings is 2. The van der Waals surface area contributed by atoms with Crippen LogP contribution in [0, 0.1) is 13.1 Å². The van der Waals surface area contributed by atoms with Crippen molar-refractivity contribution < 1.29 is 29.6 Å². The number of nitrogens with zero attached hydrogens (tertiary/aromatic N) is 6. The van der Waals surface area contributed by atoms with E-state index in [-0.39, 0.29) is 35.1 Å². The fourth-order valence-corrected chi connectivity index (χ4v) is 3.44. The predicted octanol–water partition coefficient (Wildman–Crippen LogP) is -0.0387. The summed E-state index contributed by atoms with van der Waals surface area (Å²) in [5.74, 6) is 0.853. The van der Waals surface area contributed by atoms with Crippen molar-refractivity contribution in [1.29, 1.82) is 0 Å². The molecule has 0 unspecified atom stereocenters. The van der Waals surface area contributed by atoms with Gasteiger partial charge in [0.25, 0.3) is 5.56 Å². The third-order valence-electron chi connectivity index (χ3n) is 5.02. The first-order valence-corrected chi connectivity index (χ1v) is 10.2. The second-order valence-corrected chi connectivity index (χ2v) is 7.27. The number of anilines is 1. The van der Waals surface area contributed by atoms with Gasteiger partial charge in [0.15, 0.2) is 0 Å². The summed E-state index contributed by atoms with van der Waals surface area (Å²) in [4.78, 5) is 24.7. The van der Waals surface area contributed by atoms with Crippen LogP contribution >= 0.6 is 0 Å². The SMILES string of the molecule is Cc1cn[c-]cn1.O=c1c(-c2cn[nH]n2)cccn1-c1ccc(NC2CCCC2)nc1.[Na+]. The van der Waals surface area contributed by atoms with Crippen molar-refractivity contribution in [2.75, 3.05) is 5.32 Å². The quantitative estimate of drug-likeness (QED) is 0.339. The van der Waals surface area contributed by atoms with Crippen LogP contribution in [0.3, 0.4) is 0 Å². The fourth-order valence-electron chi connectivity index (χ4n) is 3.44. The van der Waals surface area contributed by atoms with E-state index in [0.29, 0.717) is 17.3 Å². The predicted molar refractivity (Wildman–Crippen MR) is 117 cm³/mol. The topological polar surface area (TPSA) is 114 Å². The first-order chi connectivity index (χ1) is 15.2. The van der Waals surface area contributed by atoms with E-state index in [4.69, 9.17) is 0 Å². The first kappa shape index (κ1) is 23.8. The normalized spacial score (nSPS) is 13.0. The minimum atomic E-state index is -0.148. The molecule has 0 aromatic carbocycles. The molecule has 0 radical (unpaired) electrons. The Kier molecular flexibility index (Phi) is 8.66. The largest absolute Gasteiger partial charge is 1.00 e. The van der Waals surface area contributed by atoms with Gasteiger partial charge in [0.1, 0.15) is 11.5 Å². The molecular formula is C22H23N8NaO. The Bertz CT molecular complexity index is 1140. The van der Waals surface area contributed by atoms with Gasteiger partial charge in [0.2, 0.25) is 0 Å². The van der Waals surface area contributed by atoms with Crippen molar-refractivity contribution in [2.45, 2.75) is 38.6 Å². The number of aromatic amines is 1. The van der Waals surface area contributed by atoms with E-state index >= 15 is 0 Å². The average Bonchev–Trinajstić information content (AvgIpc) is 3.50. The molecule has 1 saturated carbocycles. The zero-order valence-corrected chi connectivity index (χ0v) is 20.2. The molecule has 9 nitrogen and oxygen atoms in total. The summed E-state index contributed by atoms with van der Waals surface area (Å²) in [6.45, 7) is 1.89. The minimum Gasteiger partial charge on any atom is -0.456 e. The minimum absolute atomic E-state index is 0. The number of nitrogens with one attached hydrogen (secondary N) is 2. The van der Waals surface area contributed by atoms with Gasteiger partial charge < -0.3 is 10.3 Å². The standard InChI is InChI=1S/C17H18N6O.C5H5N2.Na/c24-17-14(15-11-19-22-21-15)6-3-9-23(17)13-7-8-16(18-10-13)20-12-4-1-2-5-12;1-5-4-6-2-3-7-5;/h3,6-12H,1-2,4-5H2,(H,18,20)(H,19,21,22);3-4H,1H3;/q;-1;+1. The van der Waals surface area contributed by atoms with Crippen LogP contribution in [0.15, 0.2) is 60.0 Å². The molecule has 5 rings (SSSR count). The van der Waals surface area contributed by atoms with Crippen LogP contribution in [-0.2, 0) is 0 Å². The molecule has 0 spiro atoms. The Hall–Kier alpha value is -2.88. The van der Waals surface area contributed by atoms with Crippen LogP contribution in [0.25, 0.3) is 16.9 Å². The summed E-state index contributed by atoms with van der Waals surface area (Å²) in [7, 11) is 0. The molecule has 4 heterocycles. The van der Waals surface area contributed by atoms with Gasteiger partial charge in [-0.3, -0.25) is 14.3 Å². The molecule has 0 bridgehead atoms. The van der Waals surface area contributed by atoms with Crippen molar-refractivity contribution in [1.82, 2.24) is 34.9 Å². The molecular weight excluding hydrogens is 415 g/mol. The van der Waals surface area contributed by atoms with E-state index in [2.05, 4.69) is 41.9 Å². The van der Waals surface area contributed by atoms with E-state index < -0.39 is 0 Å². The molecule has 0 aliphatic heterocycles. The summed E-state index contributed by atoms with van der Waals surface area (Å²) in [6.07, 6.45) is 15.7. The molecule has 1 aliphatic rings. The van der Waals surface area contributed by atoms with Crippen molar-refractivity contribution in [2.24, 2.45) is 0 Å². The maximum atomic E-state index is 12.7. The van der Waals surface area contributed by atoms with Crippen LogP contribution in [0.4, 0.5) is 5.82 Å². The summed E-state index contributed by atoms with van der Waals surface area (Å²) in [6, 6.07) is 7.89. The molecule has 0 amide bonds. The van der Waals surface area contributed by atoms with Crippen LogP contribution in [0.5, 0.6) is 0 Å². The number of aromatic nitrogens is 7. The monoisotopic (exact) mass is 438 g/mol. The van der Waals surface area contributed by atoms with E-state index in [9.17, 15) is 4.79 Å². The van der Waals surface area contributed by atoms with Gasteiger partial charge in [-0.1, -0.05) is 12.8 Å². The van der Waals surface area contributed by atoms with Crippen LogP contribution in [0.1, 0.15) is 31.4 Å². The Balaban J connectivity index is 0.000000311. The van der Waals surface area contributed by atoms with E-state index in [1.807, 2.05) is 25.1 Å². The van der Waals surface area contributed by atoms with Crippen LogP contribution in [0.2, 0.25) is 0 Å². The van der Waals surface area contributed by atoms with Gasteiger partial charge in [-0.25, -0.2) is 4.98 Å². The molecule has 0 atom stereocenters. The van der Waals surface area contributed by atoms with Crippen molar-refractivity contribution in [3.05, 3.63) is 77.5 Å². The molecule has 4 aromatic rings. The third-order valence-corrected chi connectivity index (χ3v) is 5.02. The number of H-pyrrole nitrogens is 1. The van der Waals surface area contributed by atoms with Crippen LogP contribution in [-0.4, -0.2) is 41.0 Å². The Morgan fingerprint density at radius 2 is 1.97 bits per heavy atom. The van der Waals surface area contributed by atoms with Crippen molar-refractivity contribution in [3.8, 4) is 16.9 Å². The number of rotatable bonds is 4. The molecule has 1 aliphatic carbocycles. The maximum Gasteiger partial charge on any atom is 1.00 e. The molecule has 32 heavy (non-hydrogen) atoms. The Labute approximate surface area is 208 Å². The molecule has 10 heteroatoms. The van der Waals surface area contributed by atoms with Crippen molar-refractivity contribution >= 4 is 5.82 Å². The zero-order chi connectivity index (χ0) is 21.5. The van der Waals surface area contributed by atoms with E-state index in [0.717, 1.165) is 17.2 Å². The molecule has 1 fully saturated rings. The second-order valence-electron chi connectivity index (χ2n) is 7.27. The Morgan fingerprint density at radius 1 is 1.12 bits per heavy atom. The van der Waals surface area contributed by atoms with Gasteiger partial charge in [-0.2, -0.15) is 15.4 Å². The maximum absolute atomic E-state index is 12.7. The van der Waals surface area contributed by atoms with Gasteiger partial charge in [-0.15, -0.1) is 12.4 Å². The Morgan fingerprint density at radius 3 is 2.56 bits per heavy atom. The van der Waals surface area contributed by atoms with Gasteiger partial charge in [0.05, 0.1) is 23.6 Å². The van der Waals surface area contributed by atoms with E-state index in [1.54, 1.807) is 35.4 Å². The van der Waals surface area contributed by atoms with Crippen LogP contribution < -0.4 is 40.4 Å². The number of hydrogen-bond donors (Lipinski definition) is 2. The summed E-state index contributed by atoms with van der Waals surface area (Å²) in [5, 5.41) is 13.7. The zero-order valence-electron chi connectivity index (χ0n) is 18.2. The fraction of sp³-hybridized carbons (Fsp3) is 0.273. The molecule has 2 N–H and O–H groups in total. The van der Waals surface area contributed by atoms with Gasteiger partial charge in [-0.05, 0) is 55.9 Å². The number of hydrogen-bond acceptors (Lipinski definition) is 7. The van der Waals surface area contributed by atoms with Gasteiger partial charge >= 0.3 is 29.6 Å². The smallest absolute Gasteiger partial charge is 0.456 e. The summed E-state index contributed by atoms with van der Waals surface area (Å²) in [5.41, 5.74) is 2.53. The van der Waals surface area contributed by atoms with Crippen molar-refractivity contribution in [3.63, 3.8) is 0 Å². The second kappa shape index (κ2) is 11.7. The van der Waals surface area contributed by atoms with E-state index in [1.165, 1.54) is 31.9 Å². The third kappa shape index (κ3) is 6.09.